The topological polar surface area (TPSA) is 92.5 Å². The molecule has 2 aliphatic rings. The third-order valence-corrected chi connectivity index (χ3v) is 6.42. The third kappa shape index (κ3) is 3.93. The van der Waals surface area contributed by atoms with E-state index in [1.165, 1.54) is 0 Å². The highest BCUT2D eigenvalue weighted by Crippen LogP contribution is 2.20. The van der Waals surface area contributed by atoms with Crippen LogP contribution < -0.4 is 11.1 Å². The number of piperidine rings is 1. The molecule has 6 nitrogen and oxygen atoms in total. The molecule has 116 valence electrons. The fourth-order valence-electron chi connectivity index (χ4n) is 3.03. The van der Waals surface area contributed by atoms with Crippen LogP contribution in [0.15, 0.2) is 0 Å². The zero-order valence-electron chi connectivity index (χ0n) is 11.9. The van der Waals surface area contributed by atoms with Crippen molar-refractivity contribution in [3.63, 3.8) is 0 Å². The van der Waals surface area contributed by atoms with E-state index in [1.54, 1.807) is 0 Å². The van der Waals surface area contributed by atoms with Gasteiger partial charge in [-0.3, -0.25) is 4.79 Å². The first kappa shape index (κ1) is 15.7. The summed E-state index contributed by atoms with van der Waals surface area (Å²) in [4.78, 5) is 14.4. The zero-order chi connectivity index (χ0) is 14.6. The van der Waals surface area contributed by atoms with Crippen molar-refractivity contribution in [2.24, 2.45) is 5.73 Å². The molecule has 0 radical (unpaired) electrons. The molecular weight excluding hydrogens is 278 g/mol. The zero-order valence-corrected chi connectivity index (χ0v) is 12.7. The van der Waals surface area contributed by atoms with Gasteiger partial charge in [0.25, 0.3) is 0 Å². The van der Waals surface area contributed by atoms with Gasteiger partial charge < -0.3 is 16.0 Å². The molecule has 2 rings (SSSR count). The lowest BCUT2D eigenvalue weighted by atomic mass is 10.0. The second kappa shape index (κ2) is 6.87. The lowest BCUT2D eigenvalue weighted by Crippen LogP contribution is -2.50. The van der Waals surface area contributed by atoms with Crippen LogP contribution in [0.1, 0.15) is 32.1 Å². The largest absolute Gasteiger partial charge is 0.352 e. The monoisotopic (exact) mass is 303 g/mol. The molecule has 1 atom stereocenters. The summed E-state index contributed by atoms with van der Waals surface area (Å²) in [6.45, 7) is 3.37. The normalized spacial score (nSPS) is 28.1. The van der Waals surface area contributed by atoms with Gasteiger partial charge in [0.05, 0.1) is 5.75 Å². The van der Waals surface area contributed by atoms with Crippen molar-refractivity contribution >= 4 is 15.7 Å². The van der Waals surface area contributed by atoms with E-state index in [2.05, 4.69) is 10.2 Å². The Labute approximate surface area is 121 Å². The number of carbonyl (C=O) groups excluding carboxylic acids is 1. The molecule has 7 heteroatoms. The second-order valence-electron chi connectivity index (χ2n) is 5.76. The maximum Gasteiger partial charge on any atom is 0.238 e. The summed E-state index contributed by atoms with van der Waals surface area (Å²) in [5.41, 5.74) is 5.52. The third-order valence-electron chi connectivity index (χ3n) is 4.25. The number of nitrogens with zero attached hydrogens (tertiary/aromatic N) is 1. The minimum Gasteiger partial charge on any atom is -0.352 e. The lowest BCUT2D eigenvalue weighted by molar-refractivity contribution is -0.121. The van der Waals surface area contributed by atoms with E-state index in [-0.39, 0.29) is 17.7 Å². The minimum atomic E-state index is -3.23. The van der Waals surface area contributed by atoms with Gasteiger partial charge in [-0.15, -0.1) is 0 Å². The molecule has 0 aromatic carbocycles. The van der Waals surface area contributed by atoms with Crippen LogP contribution in [0.2, 0.25) is 0 Å². The molecule has 0 spiro atoms. The Bertz CT molecular complexity index is 430. The summed E-state index contributed by atoms with van der Waals surface area (Å²) in [5, 5.41) is 2.11. The van der Waals surface area contributed by atoms with E-state index in [0.29, 0.717) is 19.4 Å². The number of hydrogen-bond donors (Lipinski definition) is 2. The van der Waals surface area contributed by atoms with Crippen molar-refractivity contribution in [1.82, 2.24) is 10.2 Å². The number of nitrogens with one attached hydrogen (secondary N) is 1. The van der Waals surface area contributed by atoms with Crippen LogP contribution in [-0.2, 0) is 14.6 Å². The molecule has 1 unspecified atom stereocenters. The van der Waals surface area contributed by atoms with Crippen molar-refractivity contribution in [2.75, 3.05) is 31.9 Å². The van der Waals surface area contributed by atoms with Gasteiger partial charge in [0.15, 0.2) is 9.84 Å². The lowest BCUT2D eigenvalue weighted by Gasteiger charge is -2.33. The molecule has 0 bridgehead atoms. The first-order valence-electron chi connectivity index (χ1n) is 7.47. The molecule has 2 saturated heterocycles. The molecule has 0 aliphatic carbocycles. The first-order valence-corrected chi connectivity index (χ1v) is 9.19. The quantitative estimate of drug-likeness (QED) is 0.730. The van der Waals surface area contributed by atoms with Gasteiger partial charge in [0.2, 0.25) is 5.91 Å². The summed E-state index contributed by atoms with van der Waals surface area (Å²) in [6, 6.07) is 0.105. The highest BCUT2D eigenvalue weighted by molar-refractivity contribution is 7.92. The van der Waals surface area contributed by atoms with E-state index in [4.69, 9.17) is 5.73 Å². The molecule has 0 saturated carbocycles. The average molecular weight is 303 g/mol. The van der Waals surface area contributed by atoms with Gasteiger partial charge in [0.1, 0.15) is 5.25 Å². The van der Waals surface area contributed by atoms with Crippen LogP contribution in [-0.4, -0.2) is 62.4 Å². The Morgan fingerprint density at radius 1 is 1.20 bits per heavy atom. The van der Waals surface area contributed by atoms with Gasteiger partial charge in [-0.05, 0) is 25.7 Å². The number of hydrogen-bond acceptors (Lipinski definition) is 5. The number of sulfone groups is 1. The second-order valence-corrected chi connectivity index (χ2v) is 8.07. The highest BCUT2D eigenvalue weighted by Gasteiger charge is 2.35. The average Bonchev–Trinajstić information content (AvgIpc) is 2.40. The van der Waals surface area contributed by atoms with Crippen LogP contribution in [0, 0.1) is 0 Å². The summed E-state index contributed by atoms with van der Waals surface area (Å²) >= 11 is 0. The van der Waals surface area contributed by atoms with Gasteiger partial charge in [-0.1, -0.05) is 6.42 Å². The number of nitrogens with two attached hydrogens (primary N) is 1. The smallest absolute Gasteiger partial charge is 0.238 e. The molecule has 3 N–H and O–H groups in total. The van der Waals surface area contributed by atoms with Gasteiger partial charge in [0, 0.05) is 32.2 Å². The van der Waals surface area contributed by atoms with Crippen molar-refractivity contribution in [1.29, 1.82) is 0 Å². The van der Waals surface area contributed by atoms with Crippen LogP contribution in [0.25, 0.3) is 0 Å². The van der Waals surface area contributed by atoms with Crippen molar-refractivity contribution in [2.45, 2.75) is 43.4 Å². The standard InChI is InChI=1S/C13H25N3O3S/c14-6-9-16-7-4-11(5-8-16)15-13(17)12-3-1-2-10-20(12,18)19/h11-12H,1-10,14H2,(H,15,17). The van der Waals surface area contributed by atoms with Gasteiger partial charge in [-0.25, -0.2) is 8.42 Å². The fraction of sp³-hybridized carbons (Fsp3) is 0.923. The Balaban J connectivity index is 1.83. The van der Waals surface area contributed by atoms with E-state index in [1.807, 2.05) is 0 Å². The number of likely N-dealkylation sites (tertiary alicyclic amines) is 1. The molecule has 0 aromatic rings. The predicted octanol–water partition coefficient (Wildman–Crippen LogP) is -0.507. The van der Waals surface area contributed by atoms with Crippen LogP contribution in [0.5, 0.6) is 0 Å². The minimum absolute atomic E-state index is 0.105. The van der Waals surface area contributed by atoms with E-state index < -0.39 is 15.1 Å². The van der Waals surface area contributed by atoms with Crippen molar-refractivity contribution in [3.8, 4) is 0 Å². The molecular formula is C13H25N3O3S. The summed E-state index contributed by atoms with van der Waals surface area (Å²) in [7, 11) is -3.23. The molecule has 1 amide bonds. The molecule has 2 aliphatic heterocycles. The first-order chi connectivity index (χ1) is 9.53. The fourth-order valence-corrected chi connectivity index (χ4v) is 4.84. The summed E-state index contributed by atoms with van der Waals surface area (Å²) in [6.07, 6.45) is 3.73. The highest BCUT2D eigenvalue weighted by atomic mass is 32.2. The Hall–Kier alpha value is -0.660. The maximum absolute atomic E-state index is 12.2. The number of carbonyl (C=O) groups is 1. The predicted molar refractivity (Wildman–Crippen MR) is 78.1 cm³/mol. The van der Waals surface area contributed by atoms with E-state index in [0.717, 1.165) is 38.9 Å². The summed E-state index contributed by atoms with van der Waals surface area (Å²) in [5.74, 6) is -0.137. The Kier molecular flexibility index (Phi) is 5.40. The van der Waals surface area contributed by atoms with Crippen LogP contribution >= 0.6 is 0 Å². The van der Waals surface area contributed by atoms with E-state index >= 15 is 0 Å². The van der Waals surface area contributed by atoms with Gasteiger partial charge in [-0.2, -0.15) is 0 Å². The molecule has 0 aromatic heterocycles. The molecule has 20 heavy (non-hydrogen) atoms. The number of rotatable bonds is 4. The molecule has 2 fully saturated rings. The Morgan fingerprint density at radius 2 is 1.90 bits per heavy atom. The SMILES string of the molecule is NCCN1CCC(NC(=O)C2CCCCS2(=O)=O)CC1. The maximum atomic E-state index is 12.2. The number of amides is 1. The van der Waals surface area contributed by atoms with E-state index in [9.17, 15) is 13.2 Å². The van der Waals surface area contributed by atoms with Crippen LogP contribution in [0.3, 0.4) is 0 Å². The molecule has 2 heterocycles. The summed E-state index contributed by atoms with van der Waals surface area (Å²) < 4.78 is 23.8. The Morgan fingerprint density at radius 3 is 2.50 bits per heavy atom. The van der Waals surface area contributed by atoms with Crippen LogP contribution in [0.4, 0.5) is 0 Å². The van der Waals surface area contributed by atoms with Crippen molar-refractivity contribution in [3.05, 3.63) is 0 Å². The van der Waals surface area contributed by atoms with Gasteiger partial charge >= 0.3 is 0 Å². The van der Waals surface area contributed by atoms with Crippen molar-refractivity contribution < 1.29 is 13.2 Å².